The highest BCUT2D eigenvalue weighted by Gasteiger charge is 2.25. The average molecular weight is 362 g/mol. The predicted molar refractivity (Wildman–Crippen MR) is 92.0 cm³/mol. The first-order valence-electron chi connectivity index (χ1n) is 7.78. The van der Waals surface area contributed by atoms with Gasteiger partial charge in [0.05, 0.1) is 11.4 Å². The molecule has 4 amide bonds. The highest BCUT2D eigenvalue weighted by Crippen LogP contribution is 2.26. The molecule has 0 radical (unpaired) electrons. The Morgan fingerprint density at radius 2 is 2.24 bits per heavy atom. The van der Waals surface area contributed by atoms with E-state index in [0.29, 0.717) is 11.7 Å². The van der Waals surface area contributed by atoms with Gasteiger partial charge in [-0.05, 0) is 6.92 Å². The molecule has 3 rings (SSSR count). The molecule has 0 aliphatic carbocycles. The molecule has 1 fully saturated rings. The van der Waals surface area contributed by atoms with E-state index in [4.69, 9.17) is 0 Å². The van der Waals surface area contributed by atoms with Gasteiger partial charge < -0.3 is 10.6 Å². The third kappa shape index (κ3) is 3.85. The zero-order chi connectivity index (χ0) is 18.0. The number of carbonyl (C=O) groups is 3. The number of hydrogen-bond donors (Lipinski definition) is 2. The van der Waals surface area contributed by atoms with Gasteiger partial charge in [-0.25, -0.2) is 9.78 Å². The fourth-order valence-corrected chi connectivity index (χ4v) is 3.27. The van der Waals surface area contributed by atoms with E-state index >= 15 is 0 Å². The van der Waals surface area contributed by atoms with Crippen LogP contribution in [0, 0.1) is 6.92 Å². The van der Waals surface area contributed by atoms with Crippen molar-refractivity contribution < 1.29 is 14.4 Å². The summed E-state index contributed by atoms with van der Waals surface area (Å²) in [5.74, 6) is -0.560. The van der Waals surface area contributed by atoms with Crippen LogP contribution in [0.25, 0.3) is 11.3 Å². The van der Waals surface area contributed by atoms with Crippen molar-refractivity contribution in [1.29, 1.82) is 0 Å². The fourth-order valence-electron chi connectivity index (χ4n) is 2.55. The Balaban J connectivity index is 1.57. The minimum absolute atomic E-state index is 0.0278. The lowest BCUT2D eigenvalue weighted by atomic mass is 10.2. The van der Waals surface area contributed by atoms with Crippen molar-refractivity contribution in [2.75, 3.05) is 18.4 Å². The second-order valence-electron chi connectivity index (χ2n) is 5.67. The van der Waals surface area contributed by atoms with Gasteiger partial charge >= 0.3 is 6.03 Å². The summed E-state index contributed by atoms with van der Waals surface area (Å²) < 4.78 is 1.71. The summed E-state index contributed by atoms with van der Waals surface area (Å²) in [6.07, 6.45) is 2.16. The minimum atomic E-state index is -0.451. The summed E-state index contributed by atoms with van der Waals surface area (Å²) >= 11 is 1.31. The highest BCUT2D eigenvalue weighted by molar-refractivity contribution is 7.14. The molecule has 9 nitrogen and oxygen atoms in total. The number of rotatable bonds is 5. The quantitative estimate of drug-likeness (QED) is 0.828. The van der Waals surface area contributed by atoms with Crippen molar-refractivity contribution in [1.82, 2.24) is 25.0 Å². The number of anilines is 1. The van der Waals surface area contributed by atoms with Crippen molar-refractivity contribution in [3.63, 3.8) is 0 Å². The SMILES string of the molecule is Cc1nn(C)cc1-c1csc(NC(=O)CCN2C(=O)CCNC2=O)n1. The molecule has 3 heterocycles. The summed E-state index contributed by atoms with van der Waals surface area (Å²) in [6, 6.07) is -0.451. The van der Waals surface area contributed by atoms with E-state index < -0.39 is 6.03 Å². The Kier molecular flexibility index (Phi) is 4.79. The van der Waals surface area contributed by atoms with Crippen LogP contribution in [-0.2, 0) is 16.6 Å². The number of amides is 4. The number of aromatic nitrogens is 3. The molecule has 132 valence electrons. The number of thiazole rings is 1. The molecule has 2 aromatic heterocycles. The van der Waals surface area contributed by atoms with Crippen LogP contribution in [0.2, 0.25) is 0 Å². The van der Waals surface area contributed by atoms with Crippen molar-refractivity contribution in [3.8, 4) is 11.3 Å². The van der Waals surface area contributed by atoms with Crippen LogP contribution in [0.15, 0.2) is 11.6 Å². The molecule has 0 aromatic carbocycles. The van der Waals surface area contributed by atoms with Crippen LogP contribution < -0.4 is 10.6 Å². The molecule has 1 saturated heterocycles. The molecule has 0 spiro atoms. The topological polar surface area (TPSA) is 109 Å². The molecule has 0 saturated carbocycles. The molecule has 25 heavy (non-hydrogen) atoms. The third-order valence-electron chi connectivity index (χ3n) is 3.76. The second-order valence-corrected chi connectivity index (χ2v) is 6.52. The monoisotopic (exact) mass is 362 g/mol. The van der Waals surface area contributed by atoms with E-state index in [1.807, 2.05) is 25.5 Å². The first kappa shape index (κ1) is 17.1. The van der Waals surface area contributed by atoms with Crippen LogP contribution in [-0.4, -0.2) is 50.6 Å². The molecular formula is C15H18N6O3S. The van der Waals surface area contributed by atoms with Crippen LogP contribution in [0.3, 0.4) is 0 Å². The lowest BCUT2D eigenvalue weighted by Crippen LogP contribution is -2.50. The third-order valence-corrected chi connectivity index (χ3v) is 4.52. The largest absolute Gasteiger partial charge is 0.337 e. The maximum atomic E-state index is 12.1. The number of hydrogen-bond acceptors (Lipinski definition) is 6. The summed E-state index contributed by atoms with van der Waals surface area (Å²) in [4.78, 5) is 40.8. The van der Waals surface area contributed by atoms with Gasteiger partial charge in [0.25, 0.3) is 0 Å². The highest BCUT2D eigenvalue weighted by atomic mass is 32.1. The van der Waals surface area contributed by atoms with Gasteiger partial charge in [-0.3, -0.25) is 19.2 Å². The summed E-state index contributed by atoms with van der Waals surface area (Å²) in [7, 11) is 1.84. The van der Waals surface area contributed by atoms with Crippen LogP contribution >= 0.6 is 11.3 Å². The van der Waals surface area contributed by atoms with Gasteiger partial charge in [-0.15, -0.1) is 11.3 Å². The molecular weight excluding hydrogens is 344 g/mol. The molecule has 2 aromatic rings. The lowest BCUT2D eigenvalue weighted by Gasteiger charge is -2.25. The molecule has 1 aliphatic heterocycles. The van der Waals surface area contributed by atoms with E-state index in [0.717, 1.165) is 21.9 Å². The minimum Gasteiger partial charge on any atom is -0.337 e. The summed E-state index contributed by atoms with van der Waals surface area (Å²) in [6.45, 7) is 2.29. The van der Waals surface area contributed by atoms with Gasteiger partial charge in [0.15, 0.2) is 5.13 Å². The predicted octanol–water partition coefficient (Wildman–Crippen LogP) is 1.12. The number of nitrogens with zero attached hydrogens (tertiary/aromatic N) is 4. The van der Waals surface area contributed by atoms with E-state index in [9.17, 15) is 14.4 Å². The van der Waals surface area contributed by atoms with E-state index in [-0.39, 0.29) is 31.2 Å². The first-order chi connectivity index (χ1) is 11.9. The van der Waals surface area contributed by atoms with E-state index in [1.54, 1.807) is 4.68 Å². The van der Waals surface area contributed by atoms with Crippen LogP contribution in [0.1, 0.15) is 18.5 Å². The van der Waals surface area contributed by atoms with Crippen LogP contribution in [0.4, 0.5) is 9.93 Å². The first-order valence-corrected chi connectivity index (χ1v) is 8.66. The smallest absolute Gasteiger partial charge is 0.324 e. The molecule has 0 atom stereocenters. The number of urea groups is 1. The summed E-state index contributed by atoms with van der Waals surface area (Å²) in [5.41, 5.74) is 2.52. The second kappa shape index (κ2) is 7.01. The normalized spacial score (nSPS) is 14.6. The Bertz CT molecular complexity index is 811. The number of imide groups is 1. The summed E-state index contributed by atoms with van der Waals surface area (Å²) in [5, 5.41) is 11.9. The van der Waals surface area contributed by atoms with Crippen molar-refractivity contribution >= 4 is 34.3 Å². The molecule has 10 heteroatoms. The molecule has 1 aliphatic rings. The standard InChI is InChI=1S/C15H18N6O3S/c1-9-10(7-20(2)19-9)11-8-25-14(17-11)18-12(22)4-6-21-13(23)3-5-16-15(21)24/h7-8H,3-6H2,1-2H3,(H,16,24)(H,17,18,22). The van der Waals surface area contributed by atoms with Gasteiger partial charge in [0.2, 0.25) is 11.8 Å². The zero-order valence-electron chi connectivity index (χ0n) is 13.9. The van der Waals surface area contributed by atoms with Gasteiger partial charge in [-0.2, -0.15) is 5.10 Å². The molecule has 0 bridgehead atoms. The maximum absolute atomic E-state index is 12.1. The van der Waals surface area contributed by atoms with Gasteiger partial charge in [0.1, 0.15) is 0 Å². The van der Waals surface area contributed by atoms with E-state index in [1.165, 1.54) is 11.3 Å². The maximum Gasteiger partial charge on any atom is 0.324 e. The van der Waals surface area contributed by atoms with Crippen molar-refractivity contribution in [3.05, 3.63) is 17.3 Å². The Morgan fingerprint density at radius 3 is 2.92 bits per heavy atom. The lowest BCUT2D eigenvalue weighted by molar-refractivity contribution is -0.129. The number of aryl methyl sites for hydroxylation is 2. The molecule has 2 N–H and O–H groups in total. The number of carbonyl (C=O) groups excluding carboxylic acids is 3. The fraction of sp³-hybridized carbons (Fsp3) is 0.400. The van der Waals surface area contributed by atoms with E-state index in [2.05, 4.69) is 20.7 Å². The van der Waals surface area contributed by atoms with Gasteiger partial charge in [0, 0.05) is 50.1 Å². The Hall–Kier alpha value is -2.75. The van der Waals surface area contributed by atoms with Crippen molar-refractivity contribution in [2.45, 2.75) is 19.8 Å². The average Bonchev–Trinajstić information content (AvgIpc) is 3.12. The van der Waals surface area contributed by atoms with Crippen LogP contribution in [0.5, 0.6) is 0 Å². The Morgan fingerprint density at radius 1 is 1.44 bits per heavy atom. The van der Waals surface area contributed by atoms with Crippen molar-refractivity contribution in [2.24, 2.45) is 7.05 Å². The Labute approximate surface area is 148 Å². The van der Waals surface area contributed by atoms with Gasteiger partial charge in [-0.1, -0.05) is 0 Å². The zero-order valence-corrected chi connectivity index (χ0v) is 14.7. The number of nitrogens with one attached hydrogen (secondary N) is 2. The molecule has 0 unspecified atom stereocenters.